The molecule has 11 heteroatoms. The Morgan fingerprint density at radius 1 is 0.688 bits per heavy atom. The van der Waals surface area contributed by atoms with E-state index < -0.39 is 20.2 Å². The molecule has 6 N–H and O–H groups in total. The Morgan fingerprint density at radius 3 is 1.88 bits per heavy atom. The predicted octanol–water partition coefficient (Wildman–Crippen LogP) is 4.31. The van der Waals surface area contributed by atoms with Gasteiger partial charge in [0.1, 0.15) is 0 Å². The zero-order valence-corrected chi connectivity index (χ0v) is 28.2. The maximum Gasteiger partial charge on any atom is 0.294 e. The van der Waals surface area contributed by atoms with Crippen molar-refractivity contribution in [3.05, 3.63) is 160 Å². The quantitative estimate of drug-likeness (QED) is 0.183. The minimum Gasteiger partial charge on any atom is -0.412 e. The fourth-order valence-corrected chi connectivity index (χ4v) is 7.12. The van der Waals surface area contributed by atoms with E-state index in [1.807, 2.05) is 86.6 Å². The van der Waals surface area contributed by atoms with Crippen molar-refractivity contribution in [1.82, 2.24) is 0 Å². The van der Waals surface area contributed by atoms with Crippen LogP contribution in [0.25, 0.3) is 11.3 Å². The predicted molar refractivity (Wildman–Crippen MR) is 189 cm³/mol. The number of rotatable bonds is 10. The molecule has 0 saturated carbocycles. The first kappa shape index (κ1) is 36.1. The Kier molecular flexibility index (Phi) is 11.2. The second-order valence-corrected chi connectivity index (χ2v) is 13.8. The van der Waals surface area contributed by atoms with Crippen LogP contribution in [0, 0.1) is 0 Å². The summed E-state index contributed by atoms with van der Waals surface area (Å²) in [6.07, 6.45) is 0.373. The molecule has 5 aromatic rings. The maximum atomic E-state index is 12.0. The van der Waals surface area contributed by atoms with Crippen LogP contribution < -0.4 is 21.1 Å². The summed E-state index contributed by atoms with van der Waals surface area (Å²) in [6.45, 7) is 4.98. The highest BCUT2D eigenvalue weighted by Crippen LogP contribution is 2.26. The topological polar surface area (TPSA) is 169 Å². The van der Waals surface area contributed by atoms with Crippen molar-refractivity contribution in [1.29, 1.82) is 0 Å². The third kappa shape index (κ3) is 8.01. The molecule has 250 valence electrons. The van der Waals surface area contributed by atoms with E-state index in [0.717, 1.165) is 38.4 Å². The second kappa shape index (κ2) is 15.0. The minimum absolute atomic E-state index is 0. The van der Waals surface area contributed by atoms with Crippen LogP contribution in [-0.4, -0.2) is 38.0 Å². The summed E-state index contributed by atoms with van der Waals surface area (Å²) in [4.78, 5) is 1.84. The van der Waals surface area contributed by atoms with E-state index >= 15 is 0 Å². The van der Waals surface area contributed by atoms with Gasteiger partial charge in [0.2, 0.25) is 0 Å². The molecule has 0 amide bonds. The summed E-state index contributed by atoms with van der Waals surface area (Å²) < 4.78 is 66.5. The number of nitrogens with zero attached hydrogens (tertiary/aromatic N) is 1. The molecular formula is C37H38N2O7S2. The Morgan fingerprint density at radius 2 is 1.29 bits per heavy atom. The van der Waals surface area contributed by atoms with Crippen LogP contribution in [-0.2, 0) is 33.2 Å². The van der Waals surface area contributed by atoms with Crippen LogP contribution in [0.1, 0.15) is 41.7 Å². The van der Waals surface area contributed by atoms with Gasteiger partial charge in [0.15, 0.2) is 0 Å². The highest BCUT2D eigenvalue weighted by molar-refractivity contribution is 7.86. The summed E-state index contributed by atoms with van der Waals surface area (Å²) in [7, 11) is -8.70. The number of hydrogen-bond acceptors (Lipinski definition) is 6. The Labute approximate surface area is 281 Å². The third-order valence-corrected chi connectivity index (χ3v) is 9.86. The standard InChI is InChI=1S/C37H36N2O6S2.H2O/c1-3-33-34(14-9-15-35(33)47(43,44)45)37(38)30-18-16-28(17-19-30)36(27-11-6-5-7-12-27)29-20-22-31(23-21-29)39(4-2)25-26-10-8-13-32(24-26)46(40,41)42;/h5-24H,3-4,25,38H2,1-2H3,(H,40,41,42)(H,43,44,45);1H2. The number of nitrogens with two attached hydrogens (primary N) is 1. The molecule has 0 saturated heterocycles. The van der Waals surface area contributed by atoms with Crippen molar-refractivity contribution in [3.8, 4) is 0 Å². The number of anilines is 1. The normalized spacial score (nSPS) is 11.4. The van der Waals surface area contributed by atoms with Gasteiger partial charge in [-0.1, -0.05) is 97.9 Å². The molecule has 0 radical (unpaired) electrons. The van der Waals surface area contributed by atoms with E-state index in [-0.39, 0.29) is 15.3 Å². The maximum absolute atomic E-state index is 12.0. The van der Waals surface area contributed by atoms with E-state index in [4.69, 9.17) is 5.73 Å². The monoisotopic (exact) mass is 686 g/mol. The number of benzene rings is 5. The minimum atomic E-state index is -4.40. The largest absolute Gasteiger partial charge is 0.412 e. The smallest absolute Gasteiger partial charge is 0.294 e. The molecule has 0 aliphatic heterocycles. The molecule has 0 fully saturated rings. The zero-order chi connectivity index (χ0) is 33.8. The summed E-state index contributed by atoms with van der Waals surface area (Å²) in [5.41, 5.74) is 12.7. The number of hydrogen-bond donors (Lipinski definition) is 3. The third-order valence-electron chi connectivity index (χ3n) is 8.07. The average molecular weight is 687 g/mol. The van der Waals surface area contributed by atoms with Gasteiger partial charge in [-0.3, -0.25) is 9.11 Å². The van der Waals surface area contributed by atoms with Gasteiger partial charge in [-0.25, -0.2) is 0 Å². The van der Waals surface area contributed by atoms with Gasteiger partial charge in [0, 0.05) is 30.0 Å². The van der Waals surface area contributed by atoms with Gasteiger partial charge in [-0.2, -0.15) is 16.8 Å². The molecule has 0 spiro atoms. The lowest BCUT2D eigenvalue weighted by atomic mass is 9.94. The highest BCUT2D eigenvalue weighted by Gasteiger charge is 2.18. The fourth-order valence-electron chi connectivity index (χ4n) is 5.75. The summed E-state index contributed by atoms with van der Waals surface area (Å²) >= 11 is 0. The summed E-state index contributed by atoms with van der Waals surface area (Å²) in [5.74, 6) is 0. The van der Waals surface area contributed by atoms with Crippen LogP contribution >= 0.6 is 0 Å². The molecule has 5 rings (SSSR count). The van der Waals surface area contributed by atoms with E-state index in [1.165, 1.54) is 18.2 Å². The lowest BCUT2D eigenvalue weighted by Crippen LogP contribution is -2.22. The zero-order valence-electron chi connectivity index (χ0n) is 26.5. The van der Waals surface area contributed by atoms with E-state index in [1.54, 1.807) is 18.2 Å². The summed E-state index contributed by atoms with van der Waals surface area (Å²) in [5, 5.41) is 1.67. The molecule has 0 bridgehead atoms. The molecule has 0 aromatic heterocycles. The van der Waals surface area contributed by atoms with Crippen molar-refractivity contribution < 1.29 is 31.4 Å². The lowest BCUT2D eigenvalue weighted by molar-refractivity contribution is 0.480. The first-order chi connectivity index (χ1) is 22.4. The van der Waals surface area contributed by atoms with Gasteiger partial charge in [-0.05, 0) is 81.9 Å². The summed E-state index contributed by atoms with van der Waals surface area (Å²) in [6, 6.07) is 37.0. The van der Waals surface area contributed by atoms with Gasteiger partial charge in [0.05, 0.1) is 9.79 Å². The van der Waals surface area contributed by atoms with Gasteiger partial charge >= 0.3 is 0 Å². The molecule has 0 aliphatic carbocycles. The van der Waals surface area contributed by atoms with Gasteiger partial charge in [-0.15, -0.1) is 0 Å². The SMILES string of the molecule is CCc1c(C(N)=c2ccc(=C(c3ccccc3)c3ccc(N(CC)Cc4cccc(S(=O)(=O)O)c4)cc3)cc2)cccc1S(=O)(=O)O.O. The van der Waals surface area contributed by atoms with E-state index in [0.29, 0.717) is 36.3 Å². The van der Waals surface area contributed by atoms with Crippen LogP contribution in [0.4, 0.5) is 5.69 Å². The van der Waals surface area contributed by atoms with Gasteiger partial charge in [0.25, 0.3) is 20.2 Å². The molecular weight excluding hydrogens is 649 g/mol. The molecule has 0 unspecified atom stereocenters. The lowest BCUT2D eigenvalue weighted by Gasteiger charge is -2.24. The van der Waals surface area contributed by atoms with Crippen molar-refractivity contribution in [2.75, 3.05) is 11.4 Å². The first-order valence-electron chi connectivity index (χ1n) is 15.1. The Hall–Kier alpha value is -4.78. The second-order valence-electron chi connectivity index (χ2n) is 11.0. The van der Waals surface area contributed by atoms with E-state index in [2.05, 4.69) is 17.0 Å². The Balaban J connectivity index is 0.00000520. The van der Waals surface area contributed by atoms with Crippen molar-refractivity contribution in [3.63, 3.8) is 0 Å². The first-order valence-corrected chi connectivity index (χ1v) is 18.0. The van der Waals surface area contributed by atoms with Crippen LogP contribution in [0.5, 0.6) is 0 Å². The van der Waals surface area contributed by atoms with E-state index in [9.17, 15) is 25.9 Å². The molecule has 9 nitrogen and oxygen atoms in total. The molecule has 48 heavy (non-hydrogen) atoms. The van der Waals surface area contributed by atoms with Crippen LogP contribution in [0.15, 0.2) is 131 Å². The molecule has 0 atom stereocenters. The van der Waals surface area contributed by atoms with Crippen LogP contribution in [0.3, 0.4) is 0 Å². The van der Waals surface area contributed by atoms with Gasteiger partial charge < -0.3 is 16.1 Å². The fraction of sp³-hybridized carbons (Fsp3) is 0.135. The van der Waals surface area contributed by atoms with Crippen molar-refractivity contribution >= 4 is 37.2 Å². The highest BCUT2D eigenvalue weighted by atomic mass is 32.2. The van der Waals surface area contributed by atoms with Crippen molar-refractivity contribution in [2.45, 2.75) is 36.6 Å². The van der Waals surface area contributed by atoms with Crippen LogP contribution in [0.2, 0.25) is 0 Å². The average Bonchev–Trinajstić information content (AvgIpc) is 3.07. The molecule has 0 aliphatic rings. The Bertz CT molecular complexity index is 2230. The van der Waals surface area contributed by atoms with Crippen molar-refractivity contribution in [2.24, 2.45) is 5.73 Å². The molecule has 5 aromatic carbocycles. The molecule has 0 heterocycles.